The predicted molar refractivity (Wildman–Crippen MR) is 218 cm³/mol. The summed E-state index contributed by atoms with van der Waals surface area (Å²) in [4.78, 5) is 0. The molecule has 0 N–H and O–H groups in total. The molecule has 1 heterocycles. The predicted octanol–water partition coefficient (Wildman–Crippen LogP) is 14.4. The molecular weight excluding hydrogens is 617 g/mol. The van der Waals surface area contributed by atoms with Gasteiger partial charge in [0.05, 0.1) is 20.6 Å². The molecule has 1 nitrogen and oxygen atoms in total. The van der Waals surface area contributed by atoms with Gasteiger partial charge in [0, 0.05) is 10.8 Å². The maximum atomic E-state index is 9.52. The molecule has 1 aromatic heterocycles. The molecule has 0 aliphatic carbocycles. The van der Waals surface area contributed by atoms with Gasteiger partial charge in [0.2, 0.25) is 0 Å². The van der Waals surface area contributed by atoms with Crippen molar-refractivity contribution in [3.05, 3.63) is 182 Å². The Labute approximate surface area is 315 Å². The molecule has 0 amide bonds. The van der Waals surface area contributed by atoms with Crippen LogP contribution >= 0.6 is 0 Å². The summed E-state index contributed by atoms with van der Waals surface area (Å²) in [7, 11) is 0. The van der Waals surface area contributed by atoms with Gasteiger partial charge in [-0.25, -0.2) is 0 Å². The fourth-order valence-corrected chi connectivity index (χ4v) is 7.53. The first-order chi connectivity index (χ1) is 31.5. The fourth-order valence-electron chi connectivity index (χ4n) is 7.53. The molecule has 0 bridgehead atoms. The van der Waals surface area contributed by atoms with Crippen LogP contribution in [0.1, 0.15) is 20.6 Å². The van der Waals surface area contributed by atoms with Crippen LogP contribution in [0.4, 0.5) is 0 Å². The van der Waals surface area contributed by atoms with Gasteiger partial charge in [-0.3, -0.25) is 0 Å². The SMILES string of the molecule is [2H]c1c([2H])c([2H])c2c([2H])c(-c3c4c([2H])c([2H])c([2H])c([2H])c4c(-c4ccc(-c5ccc6c(c5)oc5ccc7ccccc7c56)c5ccccc45)c4c([2H])c([2H])c([2H])c([2H])c34)c([2H])c([2H])c2c1[2H]. The van der Waals surface area contributed by atoms with Crippen LogP contribution < -0.4 is 0 Å². The van der Waals surface area contributed by atoms with E-state index in [-0.39, 0.29) is 32.7 Å². The second kappa shape index (κ2) is 10.9. The zero-order valence-corrected chi connectivity index (χ0v) is 26.6. The highest BCUT2D eigenvalue weighted by atomic mass is 16.3. The summed E-state index contributed by atoms with van der Waals surface area (Å²) in [5, 5.41) is 3.54. The van der Waals surface area contributed by atoms with Crippen LogP contribution in [0.3, 0.4) is 0 Å². The maximum Gasteiger partial charge on any atom is 0.136 e. The molecule has 0 aliphatic rings. The zero-order chi connectivity index (χ0) is 46.5. The Balaban J connectivity index is 1.29. The quantitative estimate of drug-likeness (QED) is 0.172. The maximum absolute atomic E-state index is 9.52. The third-order valence-corrected chi connectivity index (χ3v) is 9.74. The highest BCUT2D eigenvalue weighted by molar-refractivity contribution is 6.25. The minimum absolute atomic E-state index is 0.0389. The van der Waals surface area contributed by atoms with Crippen molar-refractivity contribution in [3.63, 3.8) is 0 Å². The molecule has 0 aliphatic heterocycles. The first-order valence-corrected chi connectivity index (χ1v) is 16.4. The van der Waals surface area contributed by atoms with Gasteiger partial charge in [0.15, 0.2) is 0 Å². The summed E-state index contributed by atoms with van der Waals surface area (Å²) in [6, 6.07) is 18.9. The minimum Gasteiger partial charge on any atom is -0.456 e. The summed E-state index contributed by atoms with van der Waals surface area (Å²) in [6.45, 7) is 0. The molecule has 0 unspecified atom stereocenters. The molecular formula is C50H30O. The molecule has 0 saturated carbocycles. The molecule has 51 heavy (non-hydrogen) atoms. The van der Waals surface area contributed by atoms with Crippen LogP contribution in [0.25, 0.3) is 109 Å². The van der Waals surface area contributed by atoms with Gasteiger partial charge in [-0.15, -0.1) is 0 Å². The van der Waals surface area contributed by atoms with E-state index in [0.29, 0.717) is 21.9 Å². The monoisotopic (exact) mass is 661 g/mol. The van der Waals surface area contributed by atoms with E-state index < -0.39 is 107 Å². The molecule has 0 fully saturated rings. The van der Waals surface area contributed by atoms with Crippen molar-refractivity contribution in [2.75, 3.05) is 0 Å². The lowest BCUT2D eigenvalue weighted by Gasteiger charge is -2.20. The molecule has 10 aromatic carbocycles. The van der Waals surface area contributed by atoms with Gasteiger partial charge < -0.3 is 4.42 Å². The van der Waals surface area contributed by atoms with Crippen molar-refractivity contribution < 1.29 is 25.0 Å². The first-order valence-electron chi connectivity index (χ1n) is 23.9. The Morgan fingerprint density at radius 1 is 0.373 bits per heavy atom. The number of hydrogen-bond acceptors (Lipinski definition) is 1. The van der Waals surface area contributed by atoms with E-state index in [9.17, 15) is 8.22 Å². The molecule has 0 spiro atoms. The average molecular weight is 662 g/mol. The normalized spacial score (nSPS) is 16.0. The largest absolute Gasteiger partial charge is 0.456 e. The van der Waals surface area contributed by atoms with Crippen molar-refractivity contribution in [2.24, 2.45) is 0 Å². The van der Waals surface area contributed by atoms with Crippen LogP contribution in [0.15, 0.2) is 186 Å². The Bertz CT molecular complexity index is 3980. The highest BCUT2D eigenvalue weighted by Crippen LogP contribution is 2.47. The van der Waals surface area contributed by atoms with Gasteiger partial charge in [0.25, 0.3) is 0 Å². The summed E-state index contributed by atoms with van der Waals surface area (Å²) in [6.07, 6.45) is 0. The second-order valence-corrected chi connectivity index (χ2v) is 12.4. The lowest BCUT2D eigenvalue weighted by Crippen LogP contribution is -1.92. The van der Waals surface area contributed by atoms with Gasteiger partial charge in [-0.2, -0.15) is 0 Å². The van der Waals surface area contributed by atoms with E-state index in [1.807, 2.05) is 72.8 Å². The van der Waals surface area contributed by atoms with E-state index in [1.54, 1.807) is 12.1 Å². The molecule has 11 aromatic rings. The molecule has 236 valence electrons. The van der Waals surface area contributed by atoms with Crippen LogP contribution in [0.2, 0.25) is 0 Å². The van der Waals surface area contributed by atoms with Crippen molar-refractivity contribution >= 4 is 75.8 Å². The lowest BCUT2D eigenvalue weighted by molar-refractivity contribution is 0.669. The average Bonchev–Trinajstić information content (AvgIpc) is 3.71. The number of rotatable bonds is 3. The lowest BCUT2D eigenvalue weighted by atomic mass is 9.83. The van der Waals surface area contributed by atoms with Crippen molar-refractivity contribution in [1.82, 2.24) is 0 Å². The van der Waals surface area contributed by atoms with Crippen molar-refractivity contribution in [3.8, 4) is 33.4 Å². The summed E-state index contributed by atoms with van der Waals surface area (Å²) in [5.74, 6) is 0. The molecule has 1 heteroatoms. The second-order valence-electron chi connectivity index (χ2n) is 12.4. The fraction of sp³-hybridized carbons (Fsp3) is 0. The summed E-state index contributed by atoms with van der Waals surface area (Å²) >= 11 is 0. The Morgan fingerprint density at radius 3 is 1.76 bits per heavy atom. The summed E-state index contributed by atoms with van der Waals surface area (Å²) in [5.41, 5.74) is 2.50. The number of furan rings is 1. The van der Waals surface area contributed by atoms with Crippen LogP contribution in [-0.2, 0) is 0 Å². The van der Waals surface area contributed by atoms with Crippen molar-refractivity contribution in [1.29, 1.82) is 0 Å². The number of fused-ring (bicyclic) bond motifs is 9. The first kappa shape index (κ1) is 17.3. The molecule has 0 radical (unpaired) electrons. The van der Waals surface area contributed by atoms with Gasteiger partial charge in [-0.05, 0) is 111 Å². The zero-order valence-electron chi connectivity index (χ0n) is 41.6. The van der Waals surface area contributed by atoms with E-state index in [1.165, 1.54) is 0 Å². The Hall–Kier alpha value is -6.70. The van der Waals surface area contributed by atoms with Crippen LogP contribution in [0.5, 0.6) is 0 Å². The number of hydrogen-bond donors (Lipinski definition) is 0. The summed E-state index contributed by atoms with van der Waals surface area (Å²) < 4.78 is 142. The smallest absolute Gasteiger partial charge is 0.136 e. The van der Waals surface area contributed by atoms with Gasteiger partial charge >= 0.3 is 0 Å². The Kier molecular flexibility index (Phi) is 3.70. The molecule has 0 saturated heterocycles. The highest BCUT2D eigenvalue weighted by Gasteiger charge is 2.20. The van der Waals surface area contributed by atoms with Crippen molar-refractivity contribution in [2.45, 2.75) is 0 Å². The van der Waals surface area contributed by atoms with Crippen LogP contribution in [0, 0.1) is 0 Å². The standard InChI is InChI=1S/C50H30O/c1-2-13-33-29-35(22-21-31(33)11-1)48-40-17-7-9-19-42(40)49(43-20-10-8-18-41(43)48)44-27-26-36(38-15-5-6-16-39(38)44)34-23-25-45-47(30-34)51-46-28-24-32-12-3-4-14-37(32)50(45)46/h1-30H/i1D,2D,7D,8D,9D,10D,11D,13D,17D,18D,19D,20D,21D,22D,29D. The van der Waals surface area contributed by atoms with E-state index in [2.05, 4.69) is 6.07 Å². The molecule has 0 atom stereocenters. The third kappa shape index (κ3) is 4.22. The Morgan fingerprint density at radius 2 is 1.00 bits per heavy atom. The third-order valence-electron chi connectivity index (χ3n) is 9.74. The van der Waals surface area contributed by atoms with E-state index in [0.717, 1.165) is 38.3 Å². The number of benzene rings is 10. The van der Waals surface area contributed by atoms with E-state index >= 15 is 0 Å². The van der Waals surface area contributed by atoms with Crippen LogP contribution in [-0.4, -0.2) is 0 Å². The minimum atomic E-state index is -0.739. The molecule has 11 rings (SSSR count). The van der Waals surface area contributed by atoms with Gasteiger partial charge in [-0.1, -0.05) is 157 Å². The van der Waals surface area contributed by atoms with E-state index in [4.69, 9.17) is 16.8 Å². The topological polar surface area (TPSA) is 13.1 Å². The van der Waals surface area contributed by atoms with Gasteiger partial charge in [0.1, 0.15) is 11.2 Å².